The summed E-state index contributed by atoms with van der Waals surface area (Å²) < 4.78 is 0. The molecule has 1 aliphatic heterocycles. The first-order chi connectivity index (χ1) is 1.89. The maximum absolute atomic E-state index is 3.10. The molecule has 1 N–H and O–H groups in total. The van der Waals surface area contributed by atoms with Crippen LogP contribution in [0.2, 0.25) is 0 Å². The van der Waals surface area contributed by atoms with Crippen molar-refractivity contribution in [2.75, 3.05) is 6.54 Å². The lowest BCUT2D eigenvalue weighted by molar-refractivity contribution is 1.09. The molecule has 1 aliphatic rings. The van der Waals surface area contributed by atoms with Crippen LogP contribution in [0.1, 0.15) is 6.92 Å². The van der Waals surface area contributed by atoms with Crippen LogP contribution in [-0.2, 0) is 0 Å². The van der Waals surface area contributed by atoms with Crippen molar-refractivity contribution >= 4 is 0 Å². The predicted octanol–water partition coefficient (Wildman–Crippen LogP) is -0.0219. The molecule has 0 radical (unpaired) electrons. The summed E-state index contributed by atoms with van der Waals surface area (Å²) in [5.41, 5.74) is 0. The molecule has 1 heteroatoms. The molecule has 4 heavy (non-hydrogen) atoms. The van der Waals surface area contributed by atoms with Gasteiger partial charge in [0.15, 0.2) is 0 Å². The molecule has 0 amide bonds. The molecule has 24 valence electrons. The van der Waals surface area contributed by atoms with Crippen molar-refractivity contribution in [3.63, 3.8) is 0 Å². The number of nitrogens with one attached hydrogen (secondary N) is 1. The van der Waals surface area contributed by atoms with Crippen molar-refractivity contribution in [3.8, 4) is 0 Å². The lowest BCUT2D eigenvalue weighted by Crippen LogP contribution is -1.72. The molecule has 0 unspecified atom stereocenters. The van der Waals surface area contributed by atoms with Gasteiger partial charge in [-0.3, -0.25) is 0 Å². The summed E-state index contributed by atoms with van der Waals surface area (Å²) in [6.45, 7) is 3.40. The fourth-order valence-electron chi connectivity index (χ4n) is 0.118. The normalized spacial score (nSPS) is 39.8. The largest absolute Gasteiger partial charge is 0.311 e. The average Bonchev–Trinajstić information content (AvgIpc) is 1.75. The SMILES string of the molecule is C[C@@H]1CN1. The maximum Gasteiger partial charge on any atom is 0.0164 e. The second-order valence-electron chi connectivity index (χ2n) is 1.31. The molecule has 0 aromatic heterocycles. The smallest absolute Gasteiger partial charge is 0.0164 e. The van der Waals surface area contributed by atoms with Crippen LogP contribution >= 0.6 is 0 Å². The van der Waals surface area contributed by atoms with E-state index in [0.29, 0.717) is 0 Å². The van der Waals surface area contributed by atoms with Crippen molar-refractivity contribution in [3.05, 3.63) is 0 Å². The molecule has 1 nitrogen and oxygen atoms in total. The van der Waals surface area contributed by atoms with Gasteiger partial charge in [0, 0.05) is 12.6 Å². The molecule has 1 heterocycles. The highest BCUT2D eigenvalue weighted by Crippen LogP contribution is 1.88. The van der Waals surface area contributed by atoms with Crippen molar-refractivity contribution in [2.24, 2.45) is 0 Å². The van der Waals surface area contributed by atoms with Gasteiger partial charge >= 0.3 is 0 Å². The second-order valence-corrected chi connectivity index (χ2v) is 1.31. The molecular weight excluding hydrogens is 50.0 g/mol. The lowest BCUT2D eigenvalue weighted by Gasteiger charge is -1.53. The summed E-state index contributed by atoms with van der Waals surface area (Å²) in [5.74, 6) is 0. The molecule has 1 atom stereocenters. The van der Waals surface area contributed by atoms with Gasteiger partial charge in [-0.25, -0.2) is 0 Å². The van der Waals surface area contributed by atoms with E-state index in [2.05, 4.69) is 12.2 Å². The third-order valence-corrected chi connectivity index (χ3v) is 0.612. The molecule has 0 spiro atoms. The van der Waals surface area contributed by atoms with E-state index in [0.717, 1.165) is 6.04 Å². The van der Waals surface area contributed by atoms with Gasteiger partial charge in [-0.1, -0.05) is 0 Å². The molecule has 0 bridgehead atoms. The highest BCUT2D eigenvalue weighted by atomic mass is 15.1. The lowest BCUT2D eigenvalue weighted by atomic mass is 10.6. The van der Waals surface area contributed by atoms with Crippen molar-refractivity contribution in [1.29, 1.82) is 0 Å². The maximum atomic E-state index is 3.10. The highest BCUT2D eigenvalue weighted by molar-refractivity contribution is 4.76. The van der Waals surface area contributed by atoms with Crippen LogP contribution in [0.15, 0.2) is 0 Å². The average molecular weight is 57.1 g/mol. The first-order valence-electron chi connectivity index (χ1n) is 1.63. The number of rotatable bonds is 0. The summed E-state index contributed by atoms with van der Waals surface area (Å²) >= 11 is 0. The predicted molar refractivity (Wildman–Crippen MR) is 17.5 cm³/mol. The molecule has 0 aromatic rings. The summed E-state index contributed by atoms with van der Waals surface area (Å²) in [4.78, 5) is 0. The Morgan fingerprint density at radius 1 is 2.00 bits per heavy atom. The zero-order valence-electron chi connectivity index (χ0n) is 2.78. The minimum Gasteiger partial charge on any atom is -0.311 e. The van der Waals surface area contributed by atoms with Crippen LogP contribution in [0.4, 0.5) is 0 Å². The van der Waals surface area contributed by atoms with Crippen LogP contribution in [-0.4, -0.2) is 12.6 Å². The van der Waals surface area contributed by atoms with Crippen LogP contribution < -0.4 is 5.32 Å². The van der Waals surface area contributed by atoms with Gasteiger partial charge < -0.3 is 5.32 Å². The fraction of sp³-hybridized carbons (Fsp3) is 1.00. The number of hydrogen-bond acceptors (Lipinski definition) is 1. The van der Waals surface area contributed by atoms with Gasteiger partial charge in [-0.2, -0.15) is 0 Å². The zero-order valence-corrected chi connectivity index (χ0v) is 2.78. The van der Waals surface area contributed by atoms with E-state index in [4.69, 9.17) is 0 Å². The second kappa shape index (κ2) is 0.462. The fourth-order valence-corrected chi connectivity index (χ4v) is 0.118. The van der Waals surface area contributed by atoms with Gasteiger partial charge in [-0.15, -0.1) is 0 Å². The Balaban J connectivity index is 2.17. The summed E-state index contributed by atoms with van der Waals surface area (Å²) in [6.07, 6.45) is 0. The Morgan fingerprint density at radius 3 is 2.25 bits per heavy atom. The van der Waals surface area contributed by atoms with Crippen LogP contribution in [0.5, 0.6) is 0 Å². The first kappa shape index (κ1) is 2.21. The van der Waals surface area contributed by atoms with Crippen LogP contribution in [0.3, 0.4) is 0 Å². The Bertz CT molecular complexity index is 22.5. The third kappa shape index (κ3) is 0.206. The molecule has 1 fully saturated rings. The Kier molecular flexibility index (Phi) is 0.256. The van der Waals surface area contributed by atoms with E-state index in [9.17, 15) is 0 Å². The molecule has 0 aliphatic carbocycles. The van der Waals surface area contributed by atoms with E-state index in [1.54, 1.807) is 0 Å². The molecule has 0 saturated carbocycles. The first-order valence-corrected chi connectivity index (χ1v) is 1.63. The van der Waals surface area contributed by atoms with Crippen LogP contribution in [0.25, 0.3) is 0 Å². The topological polar surface area (TPSA) is 21.9 Å². The summed E-state index contributed by atoms with van der Waals surface area (Å²) in [7, 11) is 0. The van der Waals surface area contributed by atoms with Crippen molar-refractivity contribution in [1.82, 2.24) is 5.32 Å². The monoisotopic (exact) mass is 57.1 g/mol. The Labute approximate surface area is 26.0 Å². The quantitative estimate of drug-likeness (QED) is 0.388. The van der Waals surface area contributed by atoms with Crippen molar-refractivity contribution in [2.45, 2.75) is 13.0 Å². The van der Waals surface area contributed by atoms with E-state index >= 15 is 0 Å². The van der Waals surface area contributed by atoms with Gasteiger partial charge in [-0.05, 0) is 6.92 Å². The van der Waals surface area contributed by atoms with E-state index < -0.39 is 0 Å². The zero-order chi connectivity index (χ0) is 2.99. The van der Waals surface area contributed by atoms with E-state index in [-0.39, 0.29) is 0 Å². The minimum absolute atomic E-state index is 0.833. The summed E-state index contributed by atoms with van der Waals surface area (Å²) in [6, 6.07) is 0.833. The summed E-state index contributed by atoms with van der Waals surface area (Å²) in [5, 5.41) is 3.10. The molecular formula is C3H7N. The van der Waals surface area contributed by atoms with Gasteiger partial charge in [0.25, 0.3) is 0 Å². The van der Waals surface area contributed by atoms with Gasteiger partial charge in [0.1, 0.15) is 0 Å². The van der Waals surface area contributed by atoms with Gasteiger partial charge in [0.2, 0.25) is 0 Å². The van der Waals surface area contributed by atoms with Crippen molar-refractivity contribution < 1.29 is 0 Å². The highest BCUT2D eigenvalue weighted by Gasteiger charge is 2.10. The van der Waals surface area contributed by atoms with E-state index in [1.165, 1.54) is 6.54 Å². The molecule has 0 aromatic carbocycles. The van der Waals surface area contributed by atoms with Gasteiger partial charge in [0.05, 0.1) is 0 Å². The molecule has 1 saturated heterocycles. The Hall–Kier alpha value is -0.0400. The number of hydrogen-bond donors (Lipinski definition) is 1. The van der Waals surface area contributed by atoms with Crippen LogP contribution in [0, 0.1) is 0 Å². The Morgan fingerprint density at radius 2 is 2.25 bits per heavy atom. The molecule has 1 rings (SSSR count). The van der Waals surface area contributed by atoms with E-state index in [1.807, 2.05) is 0 Å². The minimum atomic E-state index is 0.833. The standard InChI is InChI=1S/C3H7N/c1-3-2-4-3/h3-4H,2H2,1H3/t3-/m1/s1. The third-order valence-electron chi connectivity index (χ3n) is 0.612.